The summed E-state index contributed by atoms with van der Waals surface area (Å²) in [5.41, 5.74) is 8.40. The standard InChI is InChI=1S/C39H66N2O3/c1-3-4-5-6-7-8-9-10-11-12-13-14-15-16-23-28-37(42)40-41-39(44)31(2)34-29-35(32-24-19-17-20-25-32)38(43)36(30-34)33-26-21-18-22-27-33/h29-33,43H,3-28H2,1-2H3,(H,40,42)(H,41,44). The maximum atomic E-state index is 13.1. The molecule has 250 valence electrons. The Kier molecular flexibility index (Phi) is 17.9. The molecular weight excluding hydrogens is 544 g/mol. The molecule has 5 nitrogen and oxygen atoms in total. The van der Waals surface area contributed by atoms with Crippen molar-refractivity contribution in [2.45, 2.75) is 199 Å². The van der Waals surface area contributed by atoms with Crippen LogP contribution >= 0.6 is 0 Å². The van der Waals surface area contributed by atoms with E-state index in [4.69, 9.17) is 0 Å². The van der Waals surface area contributed by atoms with Crippen LogP contribution in [0.2, 0.25) is 0 Å². The van der Waals surface area contributed by atoms with Crippen LogP contribution in [0.15, 0.2) is 12.1 Å². The van der Waals surface area contributed by atoms with Gasteiger partial charge in [0.2, 0.25) is 11.8 Å². The van der Waals surface area contributed by atoms with Crippen molar-refractivity contribution in [1.29, 1.82) is 0 Å². The zero-order valence-electron chi connectivity index (χ0n) is 28.5. The Balaban J connectivity index is 1.33. The molecule has 2 amide bonds. The van der Waals surface area contributed by atoms with Gasteiger partial charge in [-0.15, -0.1) is 0 Å². The van der Waals surface area contributed by atoms with E-state index in [-0.39, 0.29) is 11.8 Å². The summed E-state index contributed by atoms with van der Waals surface area (Å²) in [6.07, 6.45) is 31.8. The molecule has 0 heterocycles. The number of benzene rings is 1. The second-order valence-electron chi connectivity index (χ2n) is 14.2. The van der Waals surface area contributed by atoms with Crippen molar-refractivity contribution in [1.82, 2.24) is 10.9 Å². The third kappa shape index (κ3) is 13.1. The van der Waals surface area contributed by atoms with E-state index >= 15 is 0 Å². The Hall–Kier alpha value is -2.04. The second-order valence-corrected chi connectivity index (χ2v) is 14.2. The molecule has 0 saturated heterocycles. The lowest BCUT2D eigenvalue weighted by molar-refractivity contribution is -0.129. The molecule has 1 aromatic rings. The first-order valence-corrected chi connectivity index (χ1v) is 19.0. The lowest BCUT2D eigenvalue weighted by atomic mass is 9.77. The van der Waals surface area contributed by atoms with E-state index in [9.17, 15) is 14.7 Å². The number of phenols is 1. The quantitative estimate of drug-likeness (QED) is 0.101. The highest BCUT2D eigenvalue weighted by molar-refractivity contribution is 5.86. The largest absolute Gasteiger partial charge is 0.507 e. The lowest BCUT2D eigenvalue weighted by Gasteiger charge is -2.29. The van der Waals surface area contributed by atoms with Gasteiger partial charge in [-0.05, 0) is 67.6 Å². The van der Waals surface area contributed by atoms with Gasteiger partial charge in [-0.2, -0.15) is 0 Å². The molecule has 3 N–H and O–H groups in total. The summed E-state index contributed by atoms with van der Waals surface area (Å²) < 4.78 is 0. The predicted octanol–water partition coefficient (Wildman–Crippen LogP) is 11.0. The predicted molar refractivity (Wildman–Crippen MR) is 184 cm³/mol. The van der Waals surface area contributed by atoms with Gasteiger partial charge >= 0.3 is 0 Å². The van der Waals surface area contributed by atoms with Crippen LogP contribution in [0, 0.1) is 0 Å². The maximum absolute atomic E-state index is 13.1. The molecule has 2 aliphatic rings. The SMILES string of the molecule is CCCCCCCCCCCCCCCCCC(=O)NNC(=O)C(C)c1cc(C2CCCCC2)c(O)c(C2CCCCC2)c1. The second kappa shape index (κ2) is 21.7. The number of hydrogen-bond donors (Lipinski definition) is 3. The highest BCUT2D eigenvalue weighted by atomic mass is 16.3. The molecule has 1 atom stereocenters. The van der Waals surface area contributed by atoms with Crippen molar-refractivity contribution in [2.75, 3.05) is 0 Å². The Bertz CT molecular complexity index is 910. The van der Waals surface area contributed by atoms with Gasteiger partial charge in [0.25, 0.3) is 0 Å². The summed E-state index contributed by atoms with van der Waals surface area (Å²) in [7, 11) is 0. The van der Waals surface area contributed by atoms with E-state index < -0.39 is 5.92 Å². The van der Waals surface area contributed by atoms with Gasteiger partial charge in [0, 0.05) is 6.42 Å². The highest BCUT2D eigenvalue weighted by Gasteiger charge is 2.28. The zero-order chi connectivity index (χ0) is 31.4. The van der Waals surface area contributed by atoms with Crippen LogP contribution in [0.1, 0.15) is 215 Å². The van der Waals surface area contributed by atoms with Crippen LogP contribution in [0.25, 0.3) is 0 Å². The van der Waals surface area contributed by atoms with E-state index in [0.29, 0.717) is 24.0 Å². The number of hydrazine groups is 1. The van der Waals surface area contributed by atoms with E-state index in [1.807, 2.05) is 6.92 Å². The number of unbranched alkanes of at least 4 members (excludes halogenated alkanes) is 14. The fraction of sp³-hybridized carbons (Fsp3) is 0.795. The van der Waals surface area contributed by atoms with Gasteiger partial charge in [-0.25, -0.2) is 0 Å². The van der Waals surface area contributed by atoms with Crippen molar-refractivity contribution in [3.63, 3.8) is 0 Å². The van der Waals surface area contributed by atoms with Crippen LogP contribution in [0.5, 0.6) is 5.75 Å². The fourth-order valence-corrected chi connectivity index (χ4v) is 7.51. The van der Waals surface area contributed by atoms with Crippen LogP contribution in [-0.4, -0.2) is 16.9 Å². The molecule has 44 heavy (non-hydrogen) atoms. The number of carbonyl (C=O) groups excluding carboxylic acids is 2. The van der Waals surface area contributed by atoms with Gasteiger partial charge in [-0.1, -0.05) is 147 Å². The van der Waals surface area contributed by atoms with Crippen LogP contribution in [0.4, 0.5) is 0 Å². The molecule has 2 saturated carbocycles. The van der Waals surface area contributed by atoms with Crippen molar-refractivity contribution in [3.05, 3.63) is 28.8 Å². The molecule has 5 heteroatoms. The summed E-state index contributed by atoms with van der Waals surface area (Å²) in [6, 6.07) is 4.17. The molecule has 1 aromatic carbocycles. The average Bonchev–Trinajstić information content (AvgIpc) is 3.06. The van der Waals surface area contributed by atoms with Crippen molar-refractivity contribution < 1.29 is 14.7 Å². The molecule has 2 fully saturated rings. The topological polar surface area (TPSA) is 78.4 Å². The van der Waals surface area contributed by atoms with Crippen molar-refractivity contribution in [2.24, 2.45) is 0 Å². The molecule has 3 rings (SSSR count). The molecule has 0 radical (unpaired) electrons. The highest BCUT2D eigenvalue weighted by Crippen LogP contribution is 2.45. The van der Waals surface area contributed by atoms with Gasteiger partial charge in [0.15, 0.2) is 0 Å². The maximum Gasteiger partial charge on any atom is 0.245 e. The van der Waals surface area contributed by atoms with Gasteiger partial charge in [0.05, 0.1) is 5.92 Å². The monoisotopic (exact) mass is 611 g/mol. The van der Waals surface area contributed by atoms with Gasteiger partial charge in [0.1, 0.15) is 5.75 Å². The minimum Gasteiger partial charge on any atom is -0.507 e. The number of carbonyl (C=O) groups is 2. The Morgan fingerprint density at radius 1 is 0.659 bits per heavy atom. The van der Waals surface area contributed by atoms with Crippen molar-refractivity contribution in [3.8, 4) is 5.75 Å². The molecule has 0 aliphatic heterocycles. The Morgan fingerprint density at radius 3 is 1.50 bits per heavy atom. The molecular formula is C39H66N2O3. The number of hydrogen-bond acceptors (Lipinski definition) is 3. The van der Waals surface area contributed by atoms with E-state index in [1.165, 1.54) is 122 Å². The lowest BCUT2D eigenvalue weighted by Crippen LogP contribution is -2.43. The first-order valence-electron chi connectivity index (χ1n) is 19.0. The van der Waals surface area contributed by atoms with Crippen LogP contribution in [-0.2, 0) is 9.59 Å². The number of rotatable bonds is 20. The minimum absolute atomic E-state index is 0.114. The number of aromatic hydroxyl groups is 1. The third-order valence-corrected chi connectivity index (χ3v) is 10.5. The minimum atomic E-state index is -0.397. The summed E-state index contributed by atoms with van der Waals surface area (Å²) in [5, 5.41) is 11.4. The van der Waals surface area contributed by atoms with E-state index in [2.05, 4.69) is 29.9 Å². The third-order valence-electron chi connectivity index (χ3n) is 10.5. The Morgan fingerprint density at radius 2 is 1.07 bits per heavy atom. The van der Waals surface area contributed by atoms with Crippen LogP contribution < -0.4 is 10.9 Å². The zero-order valence-corrected chi connectivity index (χ0v) is 28.5. The molecule has 1 unspecified atom stereocenters. The first-order chi connectivity index (χ1) is 21.5. The fourth-order valence-electron chi connectivity index (χ4n) is 7.51. The summed E-state index contributed by atoms with van der Waals surface area (Å²) in [5.74, 6) is 0.525. The van der Waals surface area contributed by atoms with E-state index in [0.717, 1.165) is 55.2 Å². The normalized spacial score (nSPS) is 17.0. The molecule has 0 bridgehead atoms. The van der Waals surface area contributed by atoms with E-state index in [1.54, 1.807) is 0 Å². The van der Waals surface area contributed by atoms with Crippen LogP contribution in [0.3, 0.4) is 0 Å². The molecule has 0 spiro atoms. The summed E-state index contributed by atoms with van der Waals surface area (Å²) in [6.45, 7) is 4.19. The summed E-state index contributed by atoms with van der Waals surface area (Å²) >= 11 is 0. The smallest absolute Gasteiger partial charge is 0.245 e. The van der Waals surface area contributed by atoms with Gasteiger partial charge < -0.3 is 5.11 Å². The molecule has 0 aromatic heterocycles. The number of nitrogens with one attached hydrogen (secondary N) is 2. The molecule has 2 aliphatic carbocycles. The number of phenolic OH excluding ortho intramolecular Hbond substituents is 1. The average molecular weight is 611 g/mol. The van der Waals surface area contributed by atoms with Crippen molar-refractivity contribution >= 4 is 11.8 Å². The number of amides is 2. The van der Waals surface area contributed by atoms with Gasteiger partial charge in [-0.3, -0.25) is 20.4 Å². The first kappa shape index (κ1) is 36.4. The summed E-state index contributed by atoms with van der Waals surface area (Å²) in [4.78, 5) is 25.6. The Labute approximate surface area is 270 Å².